The number of hydrogen-bond donors (Lipinski definition) is 1. The van der Waals surface area contributed by atoms with Gasteiger partial charge in [0.25, 0.3) is 5.91 Å². The Hall–Kier alpha value is -1.00. The number of halogens is 1. The molecule has 0 radical (unpaired) electrons. The molecule has 0 saturated heterocycles. The topological polar surface area (TPSA) is 51.5 Å². The first-order chi connectivity index (χ1) is 8.00. The summed E-state index contributed by atoms with van der Waals surface area (Å²) >= 11 is 5.84. The summed E-state index contributed by atoms with van der Waals surface area (Å²) in [5.74, 6) is 0.619. The van der Waals surface area contributed by atoms with Crippen LogP contribution in [0.2, 0.25) is 0 Å². The van der Waals surface area contributed by atoms with E-state index in [1.807, 2.05) is 13.8 Å². The monoisotopic (exact) mass is 259 g/mol. The van der Waals surface area contributed by atoms with Crippen LogP contribution in [0.4, 0.5) is 0 Å². The second-order valence-electron chi connectivity index (χ2n) is 3.99. The first kappa shape index (κ1) is 14.1. The number of rotatable bonds is 6. The SMILES string of the molecule is CC(C)OCCNC(=O)c1ccc(C(C)Cl)o1. The van der Waals surface area contributed by atoms with Crippen molar-refractivity contribution in [2.75, 3.05) is 13.2 Å². The van der Waals surface area contributed by atoms with E-state index in [0.29, 0.717) is 18.9 Å². The predicted molar refractivity (Wildman–Crippen MR) is 66.4 cm³/mol. The second-order valence-corrected chi connectivity index (χ2v) is 4.65. The summed E-state index contributed by atoms with van der Waals surface area (Å²) in [6, 6.07) is 3.32. The van der Waals surface area contributed by atoms with Crippen molar-refractivity contribution in [3.05, 3.63) is 23.7 Å². The second kappa shape index (κ2) is 6.67. The maximum Gasteiger partial charge on any atom is 0.287 e. The van der Waals surface area contributed by atoms with Gasteiger partial charge >= 0.3 is 0 Å². The molecule has 4 nitrogen and oxygen atoms in total. The lowest BCUT2D eigenvalue weighted by atomic mass is 10.3. The van der Waals surface area contributed by atoms with Crippen LogP contribution in [0.5, 0.6) is 0 Å². The number of ether oxygens (including phenoxy) is 1. The van der Waals surface area contributed by atoms with Crippen LogP contribution in [0.15, 0.2) is 16.5 Å². The summed E-state index contributed by atoms with van der Waals surface area (Å²) in [7, 11) is 0. The molecule has 1 rings (SSSR count). The van der Waals surface area contributed by atoms with Gasteiger partial charge in [-0.25, -0.2) is 0 Å². The summed E-state index contributed by atoms with van der Waals surface area (Å²) in [5, 5.41) is 2.47. The van der Waals surface area contributed by atoms with Crippen molar-refractivity contribution >= 4 is 17.5 Å². The number of hydrogen-bond acceptors (Lipinski definition) is 3. The molecule has 0 saturated carbocycles. The molecule has 0 aliphatic carbocycles. The van der Waals surface area contributed by atoms with Crippen molar-refractivity contribution in [2.45, 2.75) is 32.3 Å². The summed E-state index contributed by atoms with van der Waals surface area (Å²) < 4.78 is 10.6. The lowest BCUT2D eigenvalue weighted by molar-refractivity contribution is 0.0736. The zero-order valence-corrected chi connectivity index (χ0v) is 11.1. The Morgan fingerprint density at radius 3 is 2.71 bits per heavy atom. The number of carbonyl (C=O) groups excluding carboxylic acids is 1. The minimum atomic E-state index is -0.249. The molecule has 1 N–H and O–H groups in total. The van der Waals surface area contributed by atoms with Gasteiger partial charge in [-0.1, -0.05) is 0 Å². The van der Waals surface area contributed by atoms with Gasteiger partial charge in [0.2, 0.25) is 0 Å². The molecule has 96 valence electrons. The molecule has 1 unspecified atom stereocenters. The highest BCUT2D eigenvalue weighted by Gasteiger charge is 2.13. The Morgan fingerprint density at radius 2 is 2.18 bits per heavy atom. The minimum Gasteiger partial charge on any atom is -0.454 e. The van der Waals surface area contributed by atoms with Crippen LogP contribution < -0.4 is 5.32 Å². The van der Waals surface area contributed by atoms with Crippen molar-refractivity contribution < 1.29 is 13.9 Å². The summed E-state index contributed by atoms with van der Waals surface area (Å²) in [6.07, 6.45) is 0.166. The van der Waals surface area contributed by atoms with Gasteiger partial charge in [-0.05, 0) is 32.9 Å². The zero-order chi connectivity index (χ0) is 12.8. The molecule has 0 spiro atoms. The third-order valence-corrected chi connectivity index (χ3v) is 2.30. The first-order valence-electron chi connectivity index (χ1n) is 5.64. The van der Waals surface area contributed by atoms with E-state index in [-0.39, 0.29) is 23.1 Å². The fraction of sp³-hybridized carbons (Fsp3) is 0.583. The van der Waals surface area contributed by atoms with Gasteiger partial charge in [0.05, 0.1) is 18.1 Å². The van der Waals surface area contributed by atoms with Crippen LogP contribution in [-0.2, 0) is 4.74 Å². The minimum absolute atomic E-state index is 0.166. The maximum absolute atomic E-state index is 11.6. The van der Waals surface area contributed by atoms with Gasteiger partial charge in [-0.3, -0.25) is 4.79 Å². The van der Waals surface area contributed by atoms with Crippen LogP contribution in [0, 0.1) is 0 Å². The molecule has 17 heavy (non-hydrogen) atoms. The molecular weight excluding hydrogens is 242 g/mol. The molecule has 1 aromatic heterocycles. The van der Waals surface area contributed by atoms with Gasteiger partial charge in [0, 0.05) is 6.54 Å². The van der Waals surface area contributed by atoms with E-state index >= 15 is 0 Å². The van der Waals surface area contributed by atoms with E-state index in [2.05, 4.69) is 5.32 Å². The molecule has 1 amide bonds. The van der Waals surface area contributed by atoms with Crippen molar-refractivity contribution in [3.63, 3.8) is 0 Å². The third kappa shape index (κ3) is 4.79. The summed E-state index contributed by atoms with van der Waals surface area (Å²) in [5.41, 5.74) is 0. The van der Waals surface area contributed by atoms with Gasteiger partial charge in [-0.2, -0.15) is 0 Å². The van der Waals surface area contributed by atoms with Crippen LogP contribution in [0.25, 0.3) is 0 Å². The summed E-state index contributed by atoms with van der Waals surface area (Å²) in [6.45, 7) is 6.63. The van der Waals surface area contributed by atoms with Gasteiger partial charge < -0.3 is 14.5 Å². The lowest BCUT2D eigenvalue weighted by Crippen LogP contribution is -2.27. The van der Waals surface area contributed by atoms with Crippen LogP contribution in [-0.4, -0.2) is 25.2 Å². The first-order valence-corrected chi connectivity index (χ1v) is 6.08. The Balaban J connectivity index is 2.36. The van der Waals surface area contributed by atoms with Crippen LogP contribution in [0.3, 0.4) is 0 Å². The molecule has 1 atom stereocenters. The van der Waals surface area contributed by atoms with Crippen molar-refractivity contribution in [3.8, 4) is 0 Å². The number of carbonyl (C=O) groups is 1. The average Bonchev–Trinajstić information content (AvgIpc) is 2.73. The Kier molecular flexibility index (Phi) is 5.51. The number of furan rings is 1. The Labute approximate surface area is 106 Å². The molecule has 0 bridgehead atoms. The predicted octanol–water partition coefficient (Wildman–Crippen LogP) is 2.73. The highest BCUT2D eigenvalue weighted by atomic mass is 35.5. The zero-order valence-electron chi connectivity index (χ0n) is 10.3. The van der Waals surface area contributed by atoms with E-state index in [4.69, 9.17) is 20.8 Å². The van der Waals surface area contributed by atoms with Gasteiger partial charge in [-0.15, -0.1) is 11.6 Å². The van der Waals surface area contributed by atoms with E-state index < -0.39 is 0 Å². The third-order valence-electron chi connectivity index (χ3n) is 2.08. The van der Waals surface area contributed by atoms with E-state index in [9.17, 15) is 4.79 Å². The molecular formula is C12H18ClNO3. The van der Waals surface area contributed by atoms with Gasteiger partial charge in [0.15, 0.2) is 5.76 Å². The lowest BCUT2D eigenvalue weighted by Gasteiger charge is -2.07. The van der Waals surface area contributed by atoms with Crippen LogP contribution >= 0.6 is 11.6 Å². The highest BCUT2D eigenvalue weighted by Crippen LogP contribution is 2.21. The van der Waals surface area contributed by atoms with E-state index in [1.54, 1.807) is 19.1 Å². The van der Waals surface area contributed by atoms with Crippen molar-refractivity contribution in [2.24, 2.45) is 0 Å². The smallest absolute Gasteiger partial charge is 0.287 e. The quantitative estimate of drug-likeness (QED) is 0.631. The molecule has 1 heterocycles. The average molecular weight is 260 g/mol. The largest absolute Gasteiger partial charge is 0.454 e. The maximum atomic E-state index is 11.6. The number of amides is 1. The standard InChI is InChI=1S/C12H18ClNO3/c1-8(2)16-7-6-14-12(15)11-5-4-10(17-11)9(3)13/h4-5,8-9H,6-7H2,1-3H3,(H,14,15). The molecule has 5 heteroatoms. The number of alkyl halides is 1. The van der Waals surface area contributed by atoms with E-state index in [1.165, 1.54) is 0 Å². The summed E-state index contributed by atoms with van der Waals surface area (Å²) in [4.78, 5) is 11.6. The normalized spacial score (nSPS) is 12.8. The Morgan fingerprint density at radius 1 is 1.47 bits per heavy atom. The Bertz CT molecular complexity index is 360. The molecule has 0 aromatic carbocycles. The molecule has 0 aliphatic rings. The number of nitrogens with one attached hydrogen (secondary N) is 1. The fourth-order valence-electron chi connectivity index (χ4n) is 1.23. The van der Waals surface area contributed by atoms with Crippen molar-refractivity contribution in [1.82, 2.24) is 5.32 Å². The highest BCUT2D eigenvalue weighted by molar-refractivity contribution is 6.20. The van der Waals surface area contributed by atoms with E-state index in [0.717, 1.165) is 0 Å². The molecule has 0 fully saturated rings. The molecule has 0 aliphatic heterocycles. The van der Waals surface area contributed by atoms with Gasteiger partial charge in [0.1, 0.15) is 5.76 Å². The fourth-order valence-corrected chi connectivity index (χ4v) is 1.35. The van der Waals surface area contributed by atoms with Crippen LogP contribution in [0.1, 0.15) is 42.5 Å². The van der Waals surface area contributed by atoms with Crippen molar-refractivity contribution in [1.29, 1.82) is 0 Å². The molecule has 1 aromatic rings.